The Morgan fingerprint density at radius 3 is 3.06 bits per heavy atom. The van der Waals surface area contributed by atoms with Crippen molar-refractivity contribution in [2.45, 2.75) is 37.5 Å². The number of nitrogens with zero attached hydrogens (tertiary/aromatic N) is 1. The minimum Gasteiger partial charge on any atom is -0.383 e. The quantitative estimate of drug-likeness (QED) is 0.788. The number of fused-ring (bicyclic) bond motifs is 2. The largest absolute Gasteiger partial charge is 0.383 e. The van der Waals surface area contributed by atoms with Gasteiger partial charge >= 0.3 is 0 Å². The predicted molar refractivity (Wildman–Crippen MR) is 62.4 cm³/mol. The maximum absolute atomic E-state index is 12.0. The Bertz CT molecular complexity index is 449. The van der Waals surface area contributed by atoms with Crippen LogP contribution in [0.15, 0.2) is 18.3 Å². The number of nitrogens with one attached hydrogen (secondary N) is 1. The summed E-state index contributed by atoms with van der Waals surface area (Å²) >= 11 is 0. The van der Waals surface area contributed by atoms with Crippen LogP contribution in [0.3, 0.4) is 0 Å². The highest BCUT2D eigenvalue weighted by Crippen LogP contribution is 2.34. The molecule has 0 aromatic carbocycles. The molecule has 1 aromatic rings. The molecule has 3 rings (SSSR count). The molecule has 2 bridgehead atoms. The molecule has 2 aliphatic heterocycles. The first-order chi connectivity index (χ1) is 8.24. The lowest BCUT2D eigenvalue weighted by molar-refractivity contribution is 0.0841. The third kappa shape index (κ3) is 1.86. The lowest BCUT2D eigenvalue weighted by atomic mass is 9.95. The van der Waals surface area contributed by atoms with Crippen LogP contribution in [-0.2, 0) is 4.74 Å². The minimum absolute atomic E-state index is 0.126. The molecule has 1 aromatic heterocycles. The molecule has 1 amide bonds. The van der Waals surface area contributed by atoms with Crippen LogP contribution in [-0.4, -0.2) is 29.1 Å². The average Bonchev–Trinajstić information content (AvgIpc) is 2.91. The Hall–Kier alpha value is -1.62. The Morgan fingerprint density at radius 2 is 2.41 bits per heavy atom. The molecule has 0 aliphatic carbocycles. The lowest BCUT2D eigenvalue weighted by Gasteiger charge is -2.20. The summed E-state index contributed by atoms with van der Waals surface area (Å²) in [7, 11) is 0. The number of anilines is 1. The van der Waals surface area contributed by atoms with E-state index in [9.17, 15) is 4.79 Å². The van der Waals surface area contributed by atoms with Crippen molar-refractivity contribution in [3.8, 4) is 0 Å². The van der Waals surface area contributed by atoms with E-state index in [0.717, 1.165) is 19.3 Å². The summed E-state index contributed by atoms with van der Waals surface area (Å²) in [6, 6.07) is 3.52. The Balaban J connectivity index is 1.70. The molecule has 90 valence electrons. The number of amides is 1. The van der Waals surface area contributed by atoms with Gasteiger partial charge in [0.05, 0.1) is 23.8 Å². The first-order valence-corrected chi connectivity index (χ1v) is 5.91. The van der Waals surface area contributed by atoms with Gasteiger partial charge in [-0.05, 0) is 31.4 Å². The number of nitrogens with two attached hydrogens (primary N) is 1. The Morgan fingerprint density at radius 1 is 1.53 bits per heavy atom. The van der Waals surface area contributed by atoms with Gasteiger partial charge in [-0.1, -0.05) is 0 Å². The van der Waals surface area contributed by atoms with Crippen LogP contribution in [0.1, 0.15) is 29.6 Å². The highest BCUT2D eigenvalue weighted by atomic mass is 16.5. The molecule has 2 fully saturated rings. The van der Waals surface area contributed by atoms with Crippen molar-refractivity contribution < 1.29 is 9.53 Å². The number of carbonyl (C=O) groups is 1. The molecular weight excluding hydrogens is 218 g/mol. The van der Waals surface area contributed by atoms with Gasteiger partial charge in [-0.2, -0.15) is 0 Å². The van der Waals surface area contributed by atoms with E-state index >= 15 is 0 Å². The van der Waals surface area contributed by atoms with E-state index in [4.69, 9.17) is 10.5 Å². The molecule has 5 heteroatoms. The number of ether oxygens (including phenoxy) is 1. The van der Waals surface area contributed by atoms with Gasteiger partial charge in [-0.25, -0.2) is 4.98 Å². The molecule has 2 saturated heterocycles. The highest BCUT2D eigenvalue weighted by Gasteiger charge is 2.41. The van der Waals surface area contributed by atoms with Gasteiger partial charge in [0.25, 0.3) is 5.91 Å². The topological polar surface area (TPSA) is 77.2 Å². The Labute approximate surface area is 99.4 Å². The first kappa shape index (κ1) is 10.5. The van der Waals surface area contributed by atoms with Gasteiger partial charge in [0.15, 0.2) is 0 Å². The van der Waals surface area contributed by atoms with Crippen molar-refractivity contribution in [1.29, 1.82) is 0 Å². The number of pyridine rings is 1. The predicted octanol–water partition coefficient (Wildman–Crippen LogP) is 0.713. The van der Waals surface area contributed by atoms with Gasteiger partial charge in [0.1, 0.15) is 5.82 Å². The number of rotatable bonds is 2. The fraction of sp³-hybridized carbons (Fsp3) is 0.500. The van der Waals surface area contributed by atoms with Crippen LogP contribution >= 0.6 is 0 Å². The summed E-state index contributed by atoms with van der Waals surface area (Å²) in [6.45, 7) is 0. The number of carbonyl (C=O) groups excluding carboxylic acids is 1. The maximum atomic E-state index is 12.0. The second-order valence-electron chi connectivity index (χ2n) is 4.63. The molecule has 3 unspecified atom stereocenters. The lowest BCUT2D eigenvalue weighted by Crippen LogP contribution is -2.41. The number of nitrogen functional groups attached to an aromatic ring is 1. The first-order valence-electron chi connectivity index (χ1n) is 5.91. The zero-order valence-electron chi connectivity index (χ0n) is 9.43. The molecule has 5 nitrogen and oxygen atoms in total. The summed E-state index contributed by atoms with van der Waals surface area (Å²) in [5.74, 6) is 0.117. The summed E-state index contributed by atoms with van der Waals surface area (Å²) < 4.78 is 5.69. The molecule has 2 aliphatic rings. The van der Waals surface area contributed by atoms with E-state index in [-0.39, 0.29) is 23.9 Å². The van der Waals surface area contributed by atoms with Gasteiger partial charge in [0.2, 0.25) is 0 Å². The van der Waals surface area contributed by atoms with Crippen LogP contribution in [0.2, 0.25) is 0 Å². The van der Waals surface area contributed by atoms with E-state index in [0.29, 0.717) is 11.7 Å². The maximum Gasteiger partial charge on any atom is 0.255 e. The molecule has 3 atom stereocenters. The Kier molecular flexibility index (Phi) is 2.48. The van der Waals surface area contributed by atoms with Crippen LogP contribution < -0.4 is 11.1 Å². The zero-order chi connectivity index (χ0) is 11.8. The standard InChI is InChI=1S/C12H15N3O2/c13-11-8(2-1-5-14-11)12(16)15-9-6-7-3-4-10(9)17-7/h1-2,5,7,9-10H,3-4,6H2,(H2,13,14)(H,15,16). The molecule has 0 saturated carbocycles. The van der Waals surface area contributed by atoms with E-state index in [1.165, 1.54) is 0 Å². The third-order valence-electron chi connectivity index (χ3n) is 3.51. The minimum atomic E-state index is -0.156. The molecule has 0 spiro atoms. The van der Waals surface area contributed by atoms with Gasteiger partial charge in [-0.15, -0.1) is 0 Å². The molecule has 0 radical (unpaired) electrons. The average molecular weight is 233 g/mol. The van der Waals surface area contributed by atoms with E-state index in [2.05, 4.69) is 10.3 Å². The normalized spacial score (nSPS) is 30.5. The van der Waals surface area contributed by atoms with Crippen molar-refractivity contribution in [1.82, 2.24) is 10.3 Å². The highest BCUT2D eigenvalue weighted by molar-refractivity contribution is 5.98. The van der Waals surface area contributed by atoms with E-state index < -0.39 is 0 Å². The van der Waals surface area contributed by atoms with Gasteiger partial charge in [-0.3, -0.25) is 4.79 Å². The van der Waals surface area contributed by atoms with Crippen molar-refractivity contribution >= 4 is 11.7 Å². The smallest absolute Gasteiger partial charge is 0.255 e. The summed E-state index contributed by atoms with van der Waals surface area (Å²) in [6.07, 6.45) is 5.16. The molecular formula is C12H15N3O2. The van der Waals surface area contributed by atoms with Crippen LogP contribution in [0, 0.1) is 0 Å². The van der Waals surface area contributed by atoms with Crippen LogP contribution in [0.4, 0.5) is 5.82 Å². The fourth-order valence-electron chi connectivity index (χ4n) is 2.65. The van der Waals surface area contributed by atoms with Gasteiger partial charge in [0, 0.05) is 6.20 Å². The van der Waals surface area contributed by atoms with Crippen molar-refractivity contribution in [2.75, 3.05) is 5.73 Å². The fourth-order valence-corrected chi connectivity index (χ4v) is 2.65. The van der Waals surface area contributed by atoms with Crippen molar-refractivity contribution in [2.24, 2.45) is 0 Å². The van der Waals surface area contributed by atoms with Gasteiger partial charge < -0.3 is 15.8 Å². The molecule has 17 heavy (non-hydrogen) atoms. The molecule has 3 N–H and O–H groups in total. The molecule has 3 heterocycles. The second-order valence-corrected chi connectivity index (χ2v) is 4.63. The number of aromatic nitrogens is 1. The number of hydrogen-bond donors (Lipinski definition) is 2. The SMILES string of the molecule is Nc1ncccc1C(=O)NC1CC2CCC1O2. The van der Waals surface area contributed by atoms with Crippen molar-refractivity contribution in [3.05, 3.63) is 23.9 Å². The third-order valence-corrected chi connectivity index (χ3v) is 3.51. The summed E-state index contributed by atoms with van der Waals surface area (Å²) in [4.78, 5) is 15.9. The second kappa shape index (κ2) is 4.00. The zero-order valence-corrected chi connectivity index (χ0v) is 9.43. The monoisotopic (exact) mass is 233 g/mol. The van der Waals surface area contributed by atoms with Crippen LogP contribution in [0.5, 0.6) is 0 Å². The number of hydrogen-bond acceptors (Lipinski definition) is 4. The summed E-state index contributed by atoms with van der Waals surface area (Å²) in [5.41, 5.74) is 6.11. The van der Waals surface area contributed by atoms with Crippen molar-refractivity contribution in [3.63, 3.8) is 0 Å². The van der Waals surface area contributed by atoms with E-state index in [1.54, 1.807) is 18.3 Å². The summed E-state index contributed by atoms with van der Waals surface area (Å²) in [5, 5.41) is 2.98. The van der Waals surface area contributed by atoms with Crippen LogP contribution in [0.25, 0.3) is 0 Å². The van der Waals surface area contributed by atoms with E-state index in [1.807, 2.05) is 0 Å².